The highest BCUT2D eigenvalue weighted by molar-refractivity contribution is 5.71. The van der Waals surface area contributed by atoms with E-state index in [-0.39, 0.29) is 0 Å². The molecule has 1 N–H and O–H groups in total. The molecule has 0 fully saturated rings. The number of hydrogen-bond donors (Lipinski definition) is 1. The van der Waals surface area contributed by atoms with E-state index in [4.69, 9.17) is 4.91 Å². The van der Waals surface area contributed by atoms with Crippen LogP contribution in [-0.2, 0) is 0 Å². The minimum Gasteiger partial charge on any atom is -0.154 e. The van der Waals surface area contributed by atoms with E-state index in [1.54, 1.807) is 11.1 Å². The van der Waals surface area contributed by atoms with Crippen LogP contribution < -0.4 is 0 Å². The van der Waals surface area contributed by atoms with Crippen LogP contribution in [-0.4, -0.2) is 0 Å². The Bertz CT molecular complexity index is 406. The molecule has 98 valence electrons. The molecule has 0 radical (unpaired) electrons. The number of benzene rings is 1. The molecule has 0 saturated heterocycles. The van der Waals surface area contributed by atoms with Gasteiger partial charge in [-0.1, -0.05) is 68.7 Å². The van der Waals surface area contributed by atoms with Crippen LogP contribution >= 0.6 is 0 Å². The molecule has 0 unspecified atom stereocenters. The molecule has 2 nitrogen and oxygen atoms in total. The summed E-state index contributed by atoms with van der Waals surface area (Å²) in [5.74, 6) is 0. The lowest BCUT2D eigenvalue weighted by molar-refractivity contribution is 0.393. The summed E-state index contributed by atoms with van der Waals surface area (Å²) in [7, 11) is 0. The van der Waals surface area contributed by atoms with Gasteiger partial charge in [0.15, 0.2) is 0 Å². The third-order valence-electron chi connectivity index (χ3n) is 3.45. The zero-order valence-corrected chi connectivity index (χ0v) is 11.6. The van der Waals surface area contributed by atoms with E-state index >= 15 is 0 Å². The summed E-state index contributed by atoms with van der Waals surface area (Å²) < 4.78 is 0. The average molecular weight is 245 g/mol. The fourth-order valence-electron chi connectivity index (χ4n) is 2.84. The number of hydrogen-bond acceptors (Lipinski definition) is 2. The molecule has 1 aliphatic carbocycles. The van der Waals surface area contributed by atoms with Crippen LogP contribution in [0.1, 0.15) is 52.0 Å². The van der Waals surface area contributed by atoms with Gasteiger partial charge in [0.2, 0.25) is 0 Å². The lowest BCUT2D eigenvalue weighted by Gasteiger charge is -2.17. The van der Waals surface area contributed by atoms with E-state index in [1.165, 1.54) is 31.2 Å². The maximum atomic E-state index is 7.50. The smallest absolute Gasteiger partial charge is 0.0219 e. The first-order chi connectivity index (χ1) is 8.62. The molecule has 0 atom stereocenters. The second kappa shape index (κ2) is 6.48. The summed E-state index contributed by atoms with van der Waals surface area (Å²) in [6.07, 6.45) is 5.06. The quantitative estimate of drug-likeness (QED) is 0.712. The second-order valence-electron chi connectivity index (χ2n) is 5.72. The third kappa shape index (κ3) is 3.52. The number of nitrogens with one attached hydrogen (secondary N) is 1. The lowest BCUT2D eigenvalue weighted by atomic mass is 9.88. The first-order valence-electron chi connectivity index (χ1n) is 6.59. The summed E-state index contributed by atoms with van der Waals surface area (Å²) >= 11 is 0. The Morgan fingerprint density at radius 1 is 1.11 bits per heavy atom. The van der Waals surface area contributed by atoms with Gasteiger partial charge in [0.05, 0.1) is 0 Å². The van der Waals surface area contributed by atoms with Gasteiger partial charge in [-0.3, -0.25) is 0 Å². The molecule has 0 aliphatic heterocycles. The summed E-state index contributed by atoms with van der Waals surface area (Å²) in [4.78, 5) is 7.50. The van der Waals surface area contributed by atoms with Crippen molar-refractivity contribution in [2.24, 2.45) is 5.41 Å². The van der Waals surface area contributed by atoms with Crippen LogP contribution in [0, 0.1) is 15.9 Å². The van der Waals surface area contributed by atoms with Crippen molar-refractivity contribution >= 4 is 5.57 Å². The van der Waals surface area contributed by atoms with E-state index in [9.17, 15) is 0 Å². The highest BCUT2D eigenvalue weighted by Gasteiger charge is 2.30. The topological polar surface area (TPSA) is 40.9 Å². The zero-order valence-electron chi connectivity index (χ0n) is 11.6. The first kappa shape index (κ1) is 14.6. The SMILES string of the molecule is CCCC1=C(c2ccccc2)CC(C)(C)C1.N=O. The minimum atomic E-state index is 0.468. The number of nitroso groups, excluding NO2 is 1. The van der Waals surface area contributed by atoms with Crippen molar-refractivity contribution in [1.82, 2.24) is 0 Å². The fourth-order valence-corrected chi connectivity index (χ4v) is 2.84. The van der Waals surface area contributed by atoms with Gasteiger partial charge in [-0.25, -0.2) is 0 Å². The molecule has 0 bridgehead atoms. The number of allylic oxidation sites excluding steroid dienone is 2. The highest BCUT2D eigenvalue weighted by Crippen LogP contribution is 2.46. The molecule has 0 saturated carbocycles. The molecule has 0 spiro atoms. The molecular formula is C16H23NO. The Morgan fingerprint density at radius 3 is 2.28 bits per heavy atom. The van der Waals surface area contributed by atoms with Crippen molar-refractivity contribution in [3.05, 3.63) is 46.4 Å². The summed E-state index contributed by atoms with van der Waals surface area (Å²) in [6.45, 7) is 7.05. The molecule has 1 aromatic carbocycles. The van der Waals surface area contributed by atoms with Crippen molar-refractivity contribution in [3.63, 3.8) is 0 Å². The maximum Gasteiger partial charge on any atom is -0.0219 e. The van der Waals surface area contributed by atoms with Gasteiger partial charge in [-0.15, -0.1) is 0 Å². The molecule has 0 aromatic heterocycles. The van der Waals surface area contributed by atoms with Gasteiger partial charge < -0.3 is 0 Å². The Hall–Kier alpha value is -1.44. The van der Waals surface area contributed by atoms with Crippen molar-refractivity contribution < 1.29 is 0 Å². The zero-order chi connectivity index (χ0) is 13.6. The molecule has 1 aromatic rings. The van der Waals surface area contributed by atoms with Crippen LogP contribution in [0.25, 0.3) is 5.57 Å². The minimum absolute atomic E-state index is 0.468. The van der Waals surface area contributed by atoms with Crippen molar-refractivity contribution in [2.75, 3.05) is 0 Å². The van der Waals surface area contributed by atoms with Gasteiger partial charge in [0, 0.05) is 0 Å². The summed E-state index contributed by atoms with van der Waals surface area (Å²) in [6, 6.07) is 10.9. The number of rotatable bonds is 3. The van der Waals surface area contributed by atoms with Crippen LogP contribution in [0.3, 0.4) is 0 Å². The van der Waals surface area contributed by atoms with E-state index in [1.807, 2.05) is 0 Å². The van der Waals surface area contributed by atoms with E-state index < -0.39 is 0 Å². The third-order valence-corrected chi connectivity index (χ3v) is 3.45. The Labute approximate surface area is 110 Å². The average Bonchev–Trinajstić information content (AvgIpc) is 2.69. The normalized spacial score (nSPS) is 17.3. The van der Waals surface area contributed by atoms with E-state index in [0.29, 0.717) is 5.41 Å². The van der Waals surface area contributed by atoms with Gasteiger partial charge in [0.1, 0.15) is 0 Å². The maximum absolute atomic E-state index is 7.50. The molecule has 2 rings (SSSR count). The standard InChI is InChI=1S/C16H22.HNO/c1-4-8-14-11-16(2,3)12-15(14)13-9-6-5-7-10-13;1-2/h5-7,9-10H,4,8,11-12H2,1-3H3;1H. The van der Waals surface area contributed by atoms with Crippen LogP contribution in [0.15, 0.2) is 35.9 Å². The Kier molecular flexibility index (Phi) is 5.26. The molecular weight excluding hydrogens is 222 g/mol. The molecule has 0 heterocycles. The van der Waals surface area contributed by atoms with Gasteiger partial charge in [-0.05, 0) is 35.8 Å². The predicted molar refractivity (Wildman–Crippen MR) is 77.4 cm³/mol. The Morgan fingerprint density at radius 2 is 1.72 bits per heavy atom. The van der Waals surface area contributed by atoms with Gasteiger partial charge in [0.25, 0.3) is 0 Å². The molecule has 1 aliphatic rings. The van der Waals surface area contributed by atoms with Gasteiger partial charge >= 0.3 is 0 Å². The molecule has 2 heteroatoms. The van der Waals surface area contributed by atoms with Crippen LogP contribution in [0.4, 0.5) is 0 Å². The van der Waals surface area contributed by atoms with Crippen molar-refractivity contribution in [3.8, 4) is 0 Å². The monoisotopic (exact) mass is 245 g/mol. The van der Waals surface area contributed by atoms with E-state index in [0.717, 1.165) is 0 Å². The van der Waals surface area contributed by atoms with Crippen molar-refractivity contribution in [1.29, 1.82) is 5.59 Å². The Balaban J connectivity index is 0.000000771. The summed E-state index contributed by atoms with van der Waals surface area (Å²) in [5.41, 5.74) is 9.72. The van der Waals surface area contributed by atoms with Crippen LogP contribution in [0.5, 0.6) is 0 Å². The summed E-state index contributed by atoms with van der Waals surface area (Å²) in [5, 5.41) is 0. The first-order valence-corrected chi connectivity index (χ1v) is 6.59. The highest BCUT2D eigenvalue weighted by atomic mass is 16.2. The predicted octanol–water partition coefficient (Wildman–Crippen LogP) is 5.39. The van der Waals surface area contributed by atoms with E-state index in [2.05, 4.69) is 56.7 Å². The molecule has 18 heavy (non-hydrogen) atoms. The van der Waals surface area contributed by atoms with Crippen molar-refractivity contribution in [2.45, 2.75) is 46.5 Å². The fraction of sp³-hybridized carbons (Fsp3) is 0.500. The molecule has 0 amide bonds. The lowest BCUT2D eigenvalue weighted by Crippen LogP contribution is -2.05. The largest absolute Gasteiger partial charge is 0.154 e. The van der Waals surface area contributed by atoms with Crippen LogP contribution in [0.2, 0.25) is 0 Å². The second-order valence-corrected chi connectivity index (χ2v) is 5.72. The van der Waals surface area contributed by atoms with Gasteiger partial charge in [-0.2, -0.15) is 4.91 Å².